The number of ether oxygens (including phenoxy) is 1. The molecule has 0 saturated heterocycles. The van der Waals surface area contributed by atoms with Gasteiger partial charge in [-0.3, -0.25) is 4.79 Å². The summed E-state index contributed by atoms with van der Waals surface area (Å²) in [5, 5.41) is 12.7. The molecule has 0 aromatic heterocycles. The van der Waals surface area contributed by atoms with E-state index in [1.54, 1.807) is 0 Å². The highest BCUT2D eigenvalue weighted by Crippen LogP contribution is 2.28. The summed E-state index contributed by atoms with van der Waals surface area (Å²) in [5.74, 6) is -0.161. The van der Waals surface area contributed by atoms with E-state index in [0.29, 0.717) is 13.0 Å². The Balaban J connectivity index is 2.95. The Labute approximate surface area is 157 Å². The monoisotopic (exact) mass is 363 g/mol. The van der Waals surface area contributed by atoms with Gasteiger partial charge < -0.3 is 20.6 Å². The van der Waals surface area contributed by atoms with E-state index in [9.17, 15) is 9.90 Å². The topological polar surface area (TPSA) is 82.6 Å². The van der Waals surface area contributed by atoms with Gasteiger partial charge in [0.25, 0.3) is 0 Å². The van der Waals surface area contributed by atoms with Crippen LogP contribution in [-0.2, 0) is 16.1 Å². The number of nitrogens with one attached hydrogen (secondary N) is 3. The lowest BCUT2D eigenvalue weighted by Gasteiger charge is -2.19. The number of hydrogen-bond donors (Lipinski definition) is 4. The van der Waals surface area contributed by atoms with E-state index in [-0.39, 0.29) is 18.5 Å². The van der Waals surface area contributed by atoms with Gasteiger partial charge in [0.2, 0.25) is 0 Å². The fourth-order valence-electron chi connectivity index (χ4n) is 2.81. The molecule has 4 N–H and O–H groups in total. The Morgan fingerprint density at radius 2 is 2.12 bits per heavy atom. The second-order valence-electron chi connectivity index (χ2n) is 6.19. The van der Waals surface area contributed by atoms with E-state index in [2.05, 4.69) is 16.2 Å². The predicted octanol–water partition coefficient (Wildman–Crippen LogP) is 2.48. The van der Waals surface area contributed by atoms with E-state index >= 15 is 0 Å². The molecule has 1 atom stereocenters. The number of aliphatic hydroxyl groups is 1. The maximum absolute atomic E-state index is 12.1. The van der Waals surface area contributed by atoms with Crippen LogP contribution in [0.4, 0.5) is 0 Å². The van der Waals surface area contributed by atoms with Gasteiger partial charge in [0, 0.05) is 25.5 Å². The van der Waals surface area contributed by atoms with Crippen molar-refractivity contribution in [2.24, 2.45) is 0 Å². The van der Waals surface area contributed by atoms with E-state index in [4.69, 9.17) is 4.74 Å². The quantitative estimate of drug-likeness (QED) is 0.337. The van der Waals surface area contributed by atoms with Gasteiger partial charge in [0.15, 0.2) is 0 Å². The SMILES string of the molecule is CCN/C=C(/CCC(CC(=O)OCC)c1ccc(C)c(CO)c1)NNC. The number of esters is 1. The van der Waals surface area contributed by atoms with Crippen LogP contribution in [0.5, 0.6) is 0 Å². The lowest BCUT2D eigenvalue weighted by Crippen LogP contribution is -2.28. The minimum Gasteiger partial charge on any atom is -0.466 e. The normalized spacial score (nSPS) is 12.6. The molecule has 1 aromatic carbocycles. The molecule has 0 aliphatic rings. The number of carbonyl (C=O) groups is 1. The lowest BCUT2D eigenvalue weighted by atomic mass is 9.88. The molecule has 146 valence electrons. The van der Waals surface area contributed by atoms with E-state index in [1.165, 1.54) is 0 Å². The van der Waals surface area contributed by atoms with Gasteiger partial charge in [-0.05, 0) is 56.2 Å². The number of rotatable bonds is 12. The largest absolute Gasteiger partial charge is 0.466 e. The number of hydrazine groups is 1. The van der Waals surface area contributed by atoms with E-state index in [0.717, 1.165) is 41.8 Å². The lowest BCUT2D eigenvalue weighted by molar-refractivity contribution is -0.143. The molecule has 1 rings (SSSR count). The number of hydrogen-bond acceptors (Lipinski definition) is 6. The van der Waals surface area contributed by atoms with Crippen molar-refractivity contribution < 1.29 is 14.6 Å². The molecule has 0 fully saturated rings. The van der Waals surface area contributed by atoms with Crippen molar-refractivity contribution >= 4 is 5.97 Å². The van der Waals surface area contributed by atoms with Gasteiger partial charge >= 0.3 is 5.97 Å². The van der Waals surface area contributed by atoms with Crippen molar-refractivity contribution in [2.75, 3.05) is 20.2 Å². The highest BCUT2D eigenvalue weighted by atomic mass is 16.5. The summed E-state index contributed by atoms with van der Waals surface area (Å²) in [7, 11) is 1.82. The van der Waals surface area contributed by atoms with Gasteiger partial charge in [-0.25, -0.2) is 5.43 Å². The fourth-order valence-corrected chi connectivity index (χ4v) is 2.81. The predicted molar refractivity (Wildman–Crippen MR) is 104 cm³/mol. The van der Waals surface area contributed by atoms with Crippen LogP contribution < -0.4 is 16.2 Å². The summed E-state index contributed by atoms with van der Waals surface area (Å²) in [5.41, 5.74) is 10.1. The highest BCUT2D eigenvalue weighted by Gasteiger charge is 2.18. The zero-order valence-electron chi connectivity index (χ0n) is 16.4. The number of aryl methyl sites for hydroxylation is 1. The molecule has 0 aliphatic carbocycles. The van der Waals surface area contributed by atoms with Crippen molar-refractivity contribution in [2.45, 2.75) is 52.6 Å². The first-order valence-electron chi connectivity index (χ1n) is 9.26. The third kappa shape index (κ3) is 7.45. The Morgan fingerprint density at radius 1 is 1.35 bits per heavy atom. The van der Waals surface area contributed by atoms with Crippen LogP contribution in [0, 0.1) is 6.92 Å². The molecule has 0 amide bonds. The maximum atomic E-state index is 12.1. The Bertz CT molecular complexity index is 588. The summed E-state index contributed by atoms with van der Waals surface area (Å²) in [6, 6.07) is 6.04. The molecule has 26 heavy (non-hydrogen) atoms. The van der Waals surface area contributed by atoms with Crippen LogP contribution >= 0.6 is 0 Å². The van der Waals surface area contributed by atoms with Crippen LogP contribution in [0.15, 0.2) is 30.1 Å². The second kappa shape index (κ2) is 12.3. The van der Waals surface area contributed by atoms with Crippen molar-refractivity contribution in [3.63, 3.8) is 0 Å². The minimum atomic E-state index is -0.192. The van der Waals surface area contributed by atoms with E-state index in [1.807, 2.05) is 52.2 Å². The van der Waals surface area contributed by atoms with Crippen molar-refractivity contribution in [1.82, 2.24) is 16.2 Å². The van der Waals surface area contributed by atoms with Gasteiger partial charge in [-0.2, -0.15) is 0 Å². The molecular formula is C20H33N3O3. The summed E-state index contributed by atoms with van der Waals surface area (Å²) < 4.78 is 5.15. The number of allylic oxidation sites excluding steroid dienone is 1. The Kier molecular flexibility index (Phi) is 10.4. The molecule has 6 nitrogen and oxygen atoms in total. The number of carbonyl (C=O) groups excluding carboxylic acids is 1. The number of aliphatic hydroxyl groups excluding tert-OH is 1. The average Bonchev–Trinajstić information content (AvgIpc) is 2.63. The Hall–Kier alpha value is -2.05. The summed E-state index contributed by atoms with van der Waals surface area (Å²) in [4.78, 5) is 12.1. The first-order valence-corrected chi connectivity index (χ1v) is 9.26. The molecule has 0 radical (unpaired) electrons. The van der Waals surface area contributed by atoms with Crippen LogP contribution in [0.2, 0.25) is 0 Å². The minimum absolute atomic E-state index is 0.00131. The highest BCUT2D eigenvalue weighted by molar-refractivity contribution is 5.70. The third-order valence-corrected chi connectivity index (χ3v) is 4.26. The first-order chi connectivity index (χ1) is 12.5. The smallest absolute Gasteiger partial charge is 0.306 e. The van der Waals surface area contributed by atoms with Gasteiger partial charge in [0.1, 0.15) is 0 Å². The molecule has 6 heteroatoms. The molecule has 0 saturated carbocycles. The third-order valence-electron chi connectivity index (χ3n) is 4.26. The van der Waals surface area contributed by atoms with Crippen LogP contribution in [0.1, 0.15) is 55.7 Å². The number of benzene rings is 1. The van der Waals surface area contributed by atoms with Gasteiger partial charge in [-0.1, -0.05) is 18.2 Å². The van der Waals surface area contributed by atoms with Crippen LogP contribution in [0.25, 0.3) is 0 Å². The molecule has 0 aliphatic heterocycles. The van der Waals surface area contributed by atoms with Gasteiger partial charge in [-0.15, -0.1) is 0 Å². The summed E-state index contributed by atoms with van der Waals surface area (Å²) in [6.45, 7) is 7.06. The second-order valence-corrected chi connectivity index (χ2v) is 6.19. The van der Waals surface area contributed by atoms with E-state index < -0.39 is 0 Å². The van der Waals surface area contributed by atoms with Crippen molar-refractivity contribution in [3.05, 3.63) is 46.8 Å². The van der Waals surface area contributed by atoms with Crippen molar-refractivity contribution in [1.29, 1.82) is 0 Å². The van der Waals surface area contributed by atoms with Crippen LogP contribution in [0.3, 0.4) is 0 Å². The maximum Gasteiger partial charge on any atom is 0.306 e. The molecule has 1 unspecified atom stereocenters. The van der Waals surface area contributed by atoms with Crippen molar-refractivity contribution in [3.8, 4) is 0 Å². The van der Waals surface area contributed by atoms with Crippen LogP contribution in [-0.4, -0.2) is 31.3 Å². The molecular weight excluding hydrogens is 330 g/mol. The average molecular weight is 364 g/mol. The van der Waals surface area contributed by atoms with Gasteiger partial charge in [0.05, 0.1) is 19.6 Å². The first kappa shape index (κ1) is 22.0. The molecule has 0 heterocycles. The standard InChI is InChI=1S/C20H33N3O3/c1-5-22-13-19(23-21-4)10-9-17(12-20(25)26-6-2)16-8-7-15(3)18(11-16)14-24/h7-8,11,13,17,21-24H,5-6,9-10,12,14H2,1-4H3/b19-13-. The summed E-state index contributed by atoms with van der Waals surface area (Å²) >= 11 is 0. The zero-order chi connectivity index (χ0) is 19.4. The summed E-state index contributed by atoms with van der Waals surface area (Å²) in [6.07, 6.45) is 3.85. The fraction of sp³-hybridized carbons (Fsp3) is 0.550. The molecule has 1 aromatic rings. The zero-order valence-corrected chi connectivity index (χ0v) is 16.4. The molecule has 0 spiro atoms. The molecule has 0 bridgehead atoms. The Morgan fingerprint density at radius 3 is 2.73 bits per heavy atom.